The topological polar surface area (TPSA) is 17.1 Å². The Morgan fingerprint density at radius 3 is 1.81 bits per heavy atom. The summed E-state index contributed by atoms with van der Waals surface area (Å²) in [5, 5.41) is 3.33. The number of benzene rings is 1. The van der Waals surface area contributed by atoms with Crippen molar-refractivity contribution < 1.29 is 4.79 Å². The molecule has 0 aromatic heterocycles. The van der Waals surface area contributed by atoms with Gasteiger partial charge in [-0.3, -0.25) is 0 Å². The predicted molar refractivity (Wildman–Crippen MR) is 72.7 cm³/mol. The van der Waals surface area contributed by atoms with E-state index in [0.29, 0.717) is 4.62 Å². The van der Waals surface area contributed by atoms with Gasteiger partial charge in [0.15, 0.2) is 0 Å². The molecular formula is C14H22GeO. The number of hydrogen-bond donors (Lipinski definition) is 0. The molecule has 0 saturated carbocycles. The van der Waals surface area contributed by atoms with Crippen molar-refractivity contribution >= 4 is 17.9 Å². The number of carbonyl (C=O) groups is 1. The molecule has 0 fully saturated rings. The number of hydrogen-bond acceptors (Lipinski definition) is 1. The molecule has 0 spiro atoms. The minimum absolute atomic E-state index is 0.493. The number of carbonyl (C=O) groups excluding carboxylic acids is 1. The average molecular weight is 279 g/mol. The SMILES string of the molecule is C[CH2][Ge]([CH2]C)([CH2]C)[C](=O)c1ccc(C)cc1. The summed E-state index contributed by atoms with van der Waals surface area (Å²) >= 11 is -2.26. The predicted octanol–water partition coefficient (Wildman–Crippen LogP) is 4.23. The second-order valence-electron chi connectivity index (χ2n) is 4.54. The molecule has 0 aliphatic heterocycles. The van der Waals surface area contributed by atoms with Gasteiger partial charge in [0.2, 0.25) is 0 Å². The summed E-state index contributed by atoms with van der Waals surface area (Å²) < 4.78 is 0.493. The first-order chi connectivity index (χ1) is 7.59. The fraction of sp³-hybridized carbons (Fsp3) is 0.500. The van der Waals surface area contributed by atoms with Crippen molar-refractivity contribution in [3.05, 3.63) is 35.4 Å². The third-order valence-electron chi connectivity index (χ3n) is 3.83. The molecule has 1 aromatic rings. The maximum absolute atomic E-state index is 12.6. The van der Waals surface area contributed by atoms with Crippen LogP contribution in [0.3, 0.4) is 0 Å². The Labute approximate surface area is 102 Å². The van der Waals surface area contributed by atoms with Crippen LogP contribution < -0.4 is 0 Å². The van der Waals surface area contributed by atoms with Crippen molar-refractivity contribution in [2.75, 3.05) is 0 Å². The fourth-order valence-electron chi connectivity index (χ4n) is 2.24. The van der Waals surface area contributed by atoms with Crippen LogP contribution in [0.2, 0.25) is 15.8 Å². The van der Waals surface area contributed by atoms with Gasteiger partial charge in [0, 0.05) is 0 Å². The standard InChI is InChI=1S/C14H22GeO/c1-5-15(6-2,7-3)14(16)13-10-8-12(4)9-11-13/h8-11H,5-7H2,1-4H3. The Hall–Kier alpha value is -0.567. The van der Waals surface area contributed by atoms with E-state index in [1.54, 1.807) is 0 Å². The molecule has 0 amide bonds. The van der Waals surface area contributed by atoms with Crippen molar-refractivity contribution in [3.63, 3.8) is 0 Å². The Bertz CT molecular complexity index is 341. The number of rotatable bonds is 5. The van der Waals surface area contributed by atoms with Gasteiger partial charge in [-0.25, -0.2) is 0 Å². The zero-order chi connectivity index (χ0) is 12.2. The number of aryl methyl sites for hydroxylation is 1. The summed E-state index contributed by atoms with van der Waals surface area (Å²) in [4.78, 5) is 12.6. The molecule has 0 aliphatic rings. The van der Waals surface area contributed by atoms with Crippen molar-refractivity contribution in [2.45, 2.75) is 43.5 Å². The van der Waals surface area contributed by atoms with Crippen LogP contribution in [0, 0.1) is 6.92 Å². The fourth-order valence-corrected chi connectivity index (χ4v) is 9.05. The molecule has 2 heteroatoms. The molecule has 0 atom stereocenters. The van der Waals surface area contributed by atoms with Gasteiger partial charge in [-0.15, -0.1) is 0 Å². The van der Waals surface area contributed by atoms with E-state index in [9.17, 15) is 4.79 Å². The monoisotopic (exact) mass is 280 g/mol. The molecule has 1 rings (SSSR count). The Balaban J connectivity index is 3.04. The maximum atomic E-state index is 12.6. The molecule has 0 N–H and O–H groups in total. The molecule has 0 radical (unpaired) electrons. The van der Waals surface area contributed by atoms with Crippen molar-refractivity contribution in [1.82, 2.24) is 0 Å². The van der Waals surface area contributed by atoms with E-state index in [4.69, 9.17) is 0 Å². The van der Waals surface area contributed by atoms with E-state index in [0.717, 1.165) is 21.3 Å². The van der Waals surface area contributed by atoms with Gasteiger partial charge in [0.05, 0.1) is 0 Å². The summed E-state index contributed by atoms with van der Waals surface area (Å²) in [5.74, 6) is 0. The normalized spacial score (nSPS) is 11.5. The van der Waals surface area contributed by atoms with Crippen molar-refractivity contribution in [3.8, 4) is 0 Å². The van der Waals surface area contributed by atoms with Crippen molar-refractivity contribution in [1.29, 1.82) is 0 Å². The van der Waals surface area contributed by atoms with E-state index in [1.807, 2.05) is 24.3 Å². The van der Waals surface area contributed by atoms with Crippen LogP contribution in [-0.4, -0.2) is 17.9 Å². The van der Waals surface area contributed by atoms with E-state index in [-0.39, 0.29) is 0 Å². The van der Waals surface area contributed by atoms with Gasteiger partial charge in [0.1, 0.15) is 0 Å². The van der Waals surface area contributed by atoms with E-state index >= 15 is 0 Å². The third kappa shape index (κ3) is 2.57. The zero-order valence-electron chi connectivity index (χ0n) is 10.8. The first kappa shape index (κ1) is 13.5. The Morgan fingerprint density at radius 2 is 1.44 bits per heavy atom. The average Bonchev–Trinajstić information content (AvgIpc) is 2.33. The molecule has 88 valence electrons. The van der Waals surface area contributed by atoms with Crippen LogP contribution in [0.5, 0.6) is 0 Å². The molecule has 1 aromatic carbocycles. The van der Waals surface area contributed by atoms with Crippen LogP contribution >= 0.6 is 0 Å². The van der Waals surface area contributed by atoms with Crippen LogP contribution in [0.4, 0.5) is 0 Å². The molecular weight excluding hydrogens is 257 g/mol. The molecule has 1 nitrogen and oxygen atoms in total. The van der Waals surface area contributed by atoms with Gasteiger partial charge in [-0.05, 0) is 0 Å². The van der Waals surface area contributed by atoms with Crippen LogP contribution in [-0.2, 0) is 0 Å². The quantitative estimate of drug-likeness (QED) is 0.737. The van der Waals surface area contributed by atoms with E-state index < -0.39 is 13.3 Å². The van der Waals surface area contributed by atoms with Gasteiger partial charge < -0.3 is 0 Å². The molecule has 0 heterocycles. The summed E-state index contributed by atoms with van der Waals surface area (Å²) in [6.07, 6.45) is 0. The van der Waals surface area contributed by atoms with Crippen molar-refractivity contribution in [2.24, 2.45) is 0 Å². The van der Waals surface area contributed by atoms with Gasteiger partial charge in [-0.2, -0.15) is 0 Å². The second kappa shape index (κ2) is 5.67. The molecule has 0 saturated heterocycles. The van der Waals surface area contributed by atoms with Crippen LogP contribution in [0.1, 0.15) is 36.7 Å². The minimum atomic E-state index is -2.26. The van der Waals surface area contributed by atoms with Crippen LogP contribution in [0.15, 0.2) is 24.3 Å². The second-order valence-corrected chi connectivity index (χ2v) is 15.3. The van der Waals surface area contributed by atoms with Gasteiger partial charge in [0.25, 0.3) is 0 Å². The third-order valence-corrected chi connectivity index (χ3v) is 15.0. The zero-order valence-corrected chi connectivity index (χ0v) is 12.9. The van der Waals surface area contributed by atoms with E-state index in [1.165, 1.54) is 5.56 Å². The van der Waals surface area contributed by atoms with Gasteiger partial charge >= 0.3 is 102 Å². The van der Waals surface area contributed by atoms with Gasteiger partial charge in [-0.1, -0.05) is 0 Å². The summed E-state index contributed by atoms with van der Waals surface area (Å²) in [6.45, 7) is 8.64. The van der Waals surface area contributed by atoms with Crippen LogP contribution in [0.25, 0.3) is 0 Å². The Kier molecular flexibility index (Phi) is 4.78. The summed E-state index contributed by atoms with van der Waals surface area (Å²) in [7, 11) is 0. The molecule has 16 heavy (non-hydrogen) atoms. The Morgan fingerprint density at radius 1 is 1.00 bits per heavy atom. The van der Waals surface area contributed by atoms with E-state index in [2.05, 4.69) is 27.7 Å². The molecule has 0 bridgehead atoms. The molecule has 0 aliphatic carbocycles. The molecule has 0 unspecified atom stereocenters. The summed E-state index contributed by atoms with van der Waals surface area (Å²) in [5.41, 5.74) is 2.16. The first-order valence-corrected chi connectivity index (χ1v) is 11.7. The first-order valence-electron chi connectivity index (χ1n) is 6.21. The summed E-state index contributed by atoms with van der Waals surface area (Å²) in [6, 6.07) is 8.08.